The van der Waals surface area contributed by atoms with Gasteiger partial charge in [-0.3, -0.25) is 4.89 Å². The zero-order chi connectivity index (χ0) is 8.81. The van der Waals surface area contributed by atoms with Crippen LogP contribution in [-0.4, -0.2) is 18.9 Å². The molecule has 0 spiro atoms. The first-order valence-corrected chi connectivity index (χ1v) is 4.30. The molecule has 1 saturated heterocycles. The Morgan fingerprint density at radius 2 is 2.42 bits per heavy atom. The van der Waals surface area contributed by atoms with Crippen LogP contribution in [0.3, 0.4) is 0 Å². The SMILES string of the molecule is CCC(=O)OO[C@H]1CCCCO1. The fourth-order valence-electron chi connectivity index (χ4n) is 0.953. The van der Waals surface area contributed by atoms with Crippen molar-refractivity contribution >= 4 is 5.97 Å². The van der Waals surface area contributed by atoms with Gasteiger partial charge in [-0.1, -0.05) is 6.92 Å². The maximum atomic E-state index is 10.7. The molecule has 0 radical (unpaired) electrons. The van der Waals surface area contributed by atoms with Gasteiger partial charge in [-0.05, 0) is 12.8 Å². The zero-order valence-electron chi connectivity index (χ0n) is 7.25. The first-order chi connectivity index (χ1) is 5.83. The second kappa shape index (κ2) is 5.11. The summed E-state index contributed by atoms with van der Waals surface area (Å²) in [5.41, 5.74) is 0. The third-order valence-electron chi connectivity index (χ3n) is 1.67. The lowest BCUT2D eigenvalue weighted by Gasteiger charge is -2.20. The van der Waals surface area contributed by atoms with Crippen LogP contribution >= 0.6 is 0 Å². The van der Waals surface area contributed by atoms with Crippen LogP contribution in [0, 0.1) is 0 Å². The van der Waals surface area contributed by atoms with E-state index < -0.39 is 0 Å². The fourth-order valence-corrected chi connectivity index (χ4v) is 0.953. The Morgan fingerprint density at radius 1 is 1.58 bits per heavy atom. The Bertz CT molecular complexity index is 140. The Labute approximate surface area is 71.7 Å². The molecule has 1 fully saturated rings. The predicted octanol–water partition coefficient (Wildman–Crippen LogP) is 1.40. The van der Waals surface area contributed by atoms with E-state index in [9.17, 15) is 4.79 Å². The number of carbonyl (C=O) groups excluding carboxylic acids is 1. The van der Waals surface area contributed by atoms with Crippen molar-refractivity contribution in [1.29, 1.82) is 0 Å². The molecule has 4 nitrogen and oxygen atoms in total. The molecule has 0 aliphatic carbocycles. The van der Waals surface area contributed by atoms with Gasteiger partial charge in [-0.15, -0.1) is 0 Å². The van der Waals surface area contributed by atoms with Crippen LogP contribution in [0.15, 0.2) is 0 Å². The quantitative estimate of drug-likeness (QED) is 0.479. The lowest BCUT2D eigenvalue weighted by Crippen LogP contribution is -2.23. The van der Waals surface area contributed by atoms with Crippen LogP contribution in [0.1, 0.15) is 32.6 Å². The number of rotatable bonds is 3. The summed E-state index contributed by atoms with van der Waals surface area (Å²) < 4.78 is 5.17. The fraction of sp³-hybridized carbons (Fsp3) is 0.875. The predicted molar refractivity (Wildman–Crippen MR) is 41.1 cm³/mol. The van der Waals surface area contributed by atoms with E-state index in [-0.39, 0.29) is 12.3 Å². The van der Waals surface area contributed by atoms with Gasteiger partial charge in [-0.2, -0.15) is 4.89 Å². The highest BCUT2D eigenvalue weighted by Gasteiger charge is 2.16. The van der Waals surface area contributed by atoms with Crippen molar-refractivity contribution < 1.29 is 19.3 Å². The van der Waals surface area contributed by atoms with Crippen LogP contribution in [0.25, 0.3) is 0 Å². The molecular weight excluding hydrogens is 160 g/mol. The molecule has 1 rings (SSSR count). The molecule has 1 heterocycles. The molecule has 4 heteroatoms. The van der Waals surface area contributed by atoms with Gasteiger partial charge >= 0.3 is 5.97 Å². The lowest BCUT2D eigenvalue weighted by molar-refractivity contribution is -0.358. The van der Waals surface area contributed by atoms with E-state index >= 15 is 0 Å². The van der Waals surface area contributed by atoms with E-state index in [0.29, 0.717) is 13.0 Å². The van der Waals surface area contributed by atoms with Crippen LogP contribution in [0.4, 0.5) is 0 Å². The molecule has 0 aromatic heterocycles. The molecular formula is C8H14O4. The minimum absolute atomic E-state index is 0.326. The average molecular weight is 174 g/mol. The maximum Gasteiger partial charge on any atom is 0.342 e. The van der Waals surface area contributed by atoms with Gasteiger partial charge in [0, 0.05) is 19.4 Å². The minimum Gasteiger partial charge on any atom is -0.349 e. The maximum absolute atomic E-state index is 10.7. The second-order valence-electron chi connectivity index (χ2n) is 2.70. The van der Waals surface area contributed by atoms with Gasteiger partial charge in [0.1, 0.15) is 0 Å². The zero-order valence-corrected chi connectivity index (χ0v) is 7.25. The average Bonchev–Trinajstić information content (AvgIpc) is 2.16. The summed E-state index contributed by atoms with van der Waals surface area (Å²) in [7, 11) is 0. The molecule has 0 saturated carbocycles. The molecule has 12 heavy (non-hydrogen) atoms. The van der Waals surface area contributed by atoms with Crippen LogP contribution in [0.2, 0.25) is 0 Å². The third kappa shape index (κ3) is 3.19. The summed E-state index contributed by atoms with van der Waals surface area (Å²) in [5.74, 6) is -0.357. The van der Waals surface area contributed by atoms with E-state index in [4.69, 9.17) is 9.62 Å². The highest BCUT2D eigenvalue weighted by molar-refractivity contribution is 5.68. The Morgan fingerprint density at radius 3 is 3.00 bits per heavy atom. The lowest BCUT2D eigenvalue weighted by atomic mass is 10.2. The van der Waals surface area contributed by atoms with Gasteiger partial charge in [-0.25, -0.2) is 4.79 Å². The molecule has 0 amide bonds. The number of carbonyl (C=O) groups is 1. The molecule has 1 aliphatic rings. The van der Waals surface area contributed by atoms with Gasteiger partial charge in [0.15, 0.2) is 0 Å². The van der Waals surface area contributed by atoms with Crippen LogP contribution < -0.4 is 0 Å². The van der Waals surface area contributed by atoms with E-state index in [2.05, 4.69) is 4.89 Å². The van der Waals surface area contributed by atoms with Gasteiger partial charge in [0.25, 0.3) is 0 Å². The van der Waals surface area contributed by atoms with Crippen molar-refractivity contribution in [3.8, 4) is 0 Å². The normalized spacial score (nSPS) is 23.6. The summed E-state index contributed by atoms with van der Waals surface area (Å²) >= 11 is 0. The number of ether oxygens (including phenoxy) is 1. The molecule has 0 aromatic carbocycles. The molecule has 1 atom stereocenters. The molecule has 0 unspecified atom stereocenters. The first kappa shape index (κ1) is 9.48. The van der Waals surface area contributed by atoms with Crippen LogP contribution in [0.5, 0.6) is 0 Å². The smallest absolute Gasteiger partial charge is 0.342 e. The summed E-state index contributed by atoms with van der Waals surface area (Å²) in [5, 5.41) is 0. The van der Waals surface area contributed by atoms with E-state index in [1.54, 1.807) is 6.92 Å². The van der Waals surface area contributed by atoms with Gasteiger partial charge in [0.05, 0.1) is 0 Å². The van der Waals surface area contributed by atoms with Crippen molar-refractivity contribution in [2.75, 3.05) is 6.61 Å². The summed E-state index contributed by atoms with van der Waals surface area (Å²) in [6.07, 6.45) is 2.90. The van der Waals surface area contributed by atoms with Crippen LogP contribution in [-0.2, 0) is 19.3 Å². The Kier molecular flexibility index (Phi) is 4.04. The topological polar surface area (TPSA) is 44.8 Å². The Hall–Kier alpha value is -0.610. The molecule has 1 aliphatic heterocycles. The van der Waals surface area contributed by atoms with Crippen molar-refractivity contribution in [3.05, 3.63) is 0 Å². The summed E-state index contributed by atoms with van der Waals surface area (Å²) in [4.78, 5) is 19.9. The highest BCUT2D eigenvalue weighted by atomic mass is 17.2. The third-order valence-corrected chi connectivity index (χ3v) is 1.67. The minimum atomic E-state index is -0.357. The van der Waals surface area contributed by atoms with Crippen molar-refractivity contribution in [2.45, 2.75) is 38.9 Å². The Balaban J connectivity index is 2.09. The summed E-state index contributed by atoms with van der Waals surface area (Å²) in [6, 6.07) is 0. The second-order valence-corrected chi connectivity index (χ2v) is 2.70. The summed E-state index contributed by atoms with van der Waals surface area (Å²) in [6.45, 7) is 2.40. The van der Waals surface area contributed by atoms with Crippen molar-refractivity contribution in [3.63, 3.8) is 0 Å². The van der Waals surface area contributed by atoms with E-state index in [0.717, 1.165) is 19.3 Å². The van der Waals surface area contributed by atoms with E-state index in [1.807, 2.05) is 0 Å². The van der Waals surface area contributed by atoms with E-state index in [1.165, 1.54) is 0 Å². The van der Waals surface area contributed by atoms with Gasteiger partial charge < -0.3 is 4.74 Å². The van der Waals surface area contributed by atoms with Crippen molar-refractivity contribution in [2.24, 2.45) is 0 Å². The number of hydrogen-bond acceptors (Lipinski definition) is 4. The van der Waals surface area contributed by atoms with Crippen molar-refractivity contribution in [1.82, 2.24) is 0 Å². The largest absolute Gasteiger partial charge is 0.349 e. The standard InChI is InChI=1S/C8H14O4/c1-2-7(9)11-12-8-5-3-4-6-10-8/h8H,2-6H2,1H3/t8-/m0/s1. The highest BCUT2D eigenvalue weighted by Crippen LogP contribution is 2.13. The molecule has 0 N–H and O–H groups in total. The first-order valence-electron chi connectivity index (χ1n) is 4.30. The molecule has 70 valence electrons. The van der Waals surface area contributed by atoms with Gasteiger partial charge in [0.2, 0.25) is 6.29 Å². The monoisotopic (exact) mass is 174 g/mol. The molecule has 0 aromatic rings. The number of hydrogen-bond donors (Lipinski definition) is 0. The molecule has 0 bridgehead atoms.